The molecule has 86 valence electrons. The minimum absolute atomic E-state index is 0.259. The first-order valence-corrected chi connectivity index (χ1v) is 5.99. The van der Waals surface area contributed by atoms with E-state index in [1.165, 1.54) is 11.8 Å². The fourth-order valence-electron chi connectivity index (χ4n) is 1.42. The van der Waals surface area contributed by atoms with Gasteiger partial charge in [-0.05, 0) is 30.7 Å². The zero-order valence-corrected chi connectivity index (χ0v) is 10.3. The number of carboxylic acid groups (broad SMARTS) is 1. The number of aliphatic carboxylic acids is 1. The summed E-state index contributed by atoms with van der Waals surface area (Å²) in [5.41, 5.74) is 0.951. The lowest BCUT2D eigenvalue weighted by Gasteiger charge is -2.36. The number of aryl methyl sites for hydroxylation is 1. The monoisotopic (exact) mass is 258 g/mol. The molecule has 3 nitrogen and oxygen atoms in total. The fraction of sp³-hybridized carbons (Fsp3) is 0.364. The van der Waals surface area contributed by atoms with Crippen LogP contribution in [0.2, 0.25) is 5.02 Å². The molecule has 0 aliphatic carbocycles. The van der Waals surface area contributed by atoms with Crippen LogP contribution in [-0.4, -0.2) is 29.0 Å². The Kier molecular flexibility index (Phi) is 3.15. The normalized spacial score (nSPS) is 17.9. The van der Waals surface area contributed by atoms with Crippen molar-refractivity contribution in [3.63, 3.8) is 0 Å². The van der Waals surface area contributed by atoms with Crippen molar-refractivity contribution in [2.45, 2.75) is 16.6 Å². The Bertz CT molecular complexity index is 429. The van der Waals surface area contributed by atoms with Crippen LogP contribution in [-0.2, 0) is 9.53 Å². The van der Waals surface area contributed by atoms with E-state index in [9.17, 15) is 4.79 Å². The van der Waals surface area contributed by atoms with E-state index in [0.717, 1.165) is 10.5 Å². The standard InChI is InChI=1S/C11H11ClO3S/c1-7-4-8(2-3-9(7)12)16-11(10(13)14)5-15-6-11/h2-4H,5-6H2,1H3,(H,13,14). The van der Waals surface area contributed by atoms with E-state index in [4.69, 9.17) is 21.4 Å². The smallest absolute Gasteiger partial charge is 0.324 e. The molecule has 1 N–H and O–H groups in total. The van der Waals surface area contributed by atoms with Crippen molar-refractivity contribution < 1.29 is 14.6 Å². The summed E-state index contributed by atoms with van der Waals surface area (Å²) in [5, 5.41) is 9.84. The molecule has 1 heterocycles. The molecule has 0 saturated carbocycles. The molecule has 1 aliphatic heterocycles. The van der Waals surface area contributed by atoms with Gasteiger partial charge in [-0.3, -0.25) is 4.79 Å². The quantitative estimate of drug-likeness (QED) is 0.905. The van der Waals surface area contributed by atoms with Crippen LogP contribution in [0.25, 0.3) is 0 Å². The summed E-state index contributed by atoms with van der Waals surface area (Å²) in [7, 11) is 0. The van der Waals surface area contributed by atoms with Crippen molar-refractivity contribution in [3.05, 3.63) is 28.8 Å². The minimum atomic E-state index is -0.823. The minimum Gasteiger partial charge on any atom is -0.480 e. The maximum atomic E-state index is 11.1. The molecule has 0 aromatic heterocycles. The molecular formula is C11H11ClO3S. The van der Waals surface area contributed by atoms with Gasteiger partial charge in [-0.15, -0.1) is 11.8 Å². The third kappa shape index (κ3) is 2.05. The molecule has 1 aromatic rings. The maximum absolute atomic E-state index is 11.1. The van der Waals surface area contributed by atoms with Crippen molar-refractivity contribution in [1.82, 2.24) is 0 Å². The number of hydrogen-bond acceptors (Lipinski definition) is 3. The number of rotatable bonds is 3. The highest BCUT2D eigenvalue weighted by atomic mass is 35.5. The van der Waals surface area contributed by atoms with E-state index in [1.54, 1.807) is 6.07 Å². The number of ether oxygens (including phenoxy) is 1. The van der Waals surface area contributed by atoms with Crippen molar-refractivity contribution in [3.8, 4) is 0 Å². The van der Waals surface area contributed by atoms with Gasteiger partial charge in [0.1, 0.15) is 0 Å². The highest BCUT2D eigenvalue weighted by Gasteiger charge is 2.47. The van der Waals surface area contributed by atoms with Crippen molar-refractivity contribution in [2.24, 2.45) is 0 Å². The molecule has 0 bridgehead atoms. The zero-order chi connectivity index (χ0) is 11.8. The van der Waals surface area contributed by atoms with Gasteiger partial charge in [0, 0.05) is 9.92 Å². The first-order chi connectivity index (χ1) is 7.53. The molecule has 16 heavy (non-hydrogen) atoms. The van der Waals surface area contributed by atoms with Crippen LogP contribution in [0.3, 0.4) is 0 Å². The van der Waals surface area contributed by atoms with Gasteiger partial charge in [-0.1, -0.05) is 11.6 Å². The van der Waals surface area contributed by atoms with E-state index in [2.05, 4.69) is 0 Å². The highest BCUT2D eigenvalue weighted by Crippen LogP contribution is 2.39. The summed E-state index contributed by atoms with van der Waals surface area (Å²) in [4.78, 5) is 12.0. The van der Waals surface area contributed by atoms with Crippen LogP contribution in [0.4, 0.5) is 0 Å². The zero-order valence-electron chi connectivity index (χ0n) is 8.70. The lowest BCUT2D eigenvalue weighted by Crippen LogP contribution is -2.53. The Balaban J connectivity index is 2.20. The predicted octanol–water partition coefficient (Wildman–Crippen LogP) is 2.59. The largest absolute Gasteiger partial charge is 0.480 e. The lowest BCUT2D eigenvalue weighted by atomic mass is 10.1. The molecule has 1 aliphatic rings. The summed E-state index contributed by atoms with van der Waals surface area (Å²) in [6, 6.07) is 5.52. The fourth-order valence-corrected chi connectivity index (χ4v) is 2.73. The molecule has 0 radical (unpaired) electrons. The molecule has 2 rings (SSSR count). The highest BCUT2D eigenvalue weighted by molar-refractivity contribution is 8.01. The second kappa shape index (κ2) is 4.28. The second-order valence-electron chi connectivity index (χ2n) is 3.81. The topological polar surface area (TPSA) is 46.5 Å². The summed E-state index contributed by atoms with van der Waals surface area (Å²) in [5.74, 6) is -0.823. The Labute approximate surface area is 103 Å². The third-order valence-electron chi connectivity index (χ3n) is 2.50. The van der Waals surface area contributed by atoms with Crippen LogP contribution in [0.15, 0.2) is 23.1 Å². The second-order valence-corrected chi connectivity index (χ2v) is 5.67. The van der Waals surface area contributed by atoms with Crippen molar-refractivity contribution >= 4 is 29.3 Å². The first-order valence-electron chi connectivity index (χ1n) is 4.80. The maximum Gasteiger partial charge on any atom is 0.324 e. The molecule has 0 amide bonds. The van der Waals surface area contributed by atoms with Crippen LogP contribution in [0, 0.1) is 6.92 Å². The third-order valence-corrected chi connectivity index (χ3v) is 4.22. The number of carboxylic acids is 1. The average molecular weight is 259 g/mol. The van der Waals surface area contributed by atoms with Crippen molar-refractivity contribution in [1.29, 1.82) is 0 Å². The Morgan fingerprint density at radius 3 is 2.69 bits per heavy atom. The van der Waals surface area contributed by atoms with E-state index < -0.39 is 10.7 Å². The van der Waals surface area contributed by atoms with E-state index in [1.807, 2.05) is 19.1 Å². The molecule has 1 aromatic carbocycles. The van der Waals surface area contributed by atoms with Gasteiger partial charge < -0.3 is 9.84 Å². The van der Waals surface area contributed by atoms with Gasteiger partial charge in [0.25, 0.3) is 0 Å². The molecule has 1 fully saturated rings. The van der Waals surface area contributed by atoms with Gasteiger partial charge >= 0.3 is 5.97 Å². The number of halogens is 1. The summed E-state index contributed by atoms with van der Waals surface area (Å²) < 4.78 is 4.18. The van der Waals surface area contributed by atoms with Gasteiger partial charge in [0.05, 0.1) is 13.2 Å². The van der Waals surface area contributed by atoms with Crippen LogP contribution in [0.5, 0.6) is 0 Å². The van der Waals surface area contributed by atoms with E-state index in [-0.39, 0.29) is 13.2 Å². The molecule has 1 saturated heterocycles. The Morgan fingerprint density at radius 2 is 2.25 bits per heavy atom. The first kappa shape index (κ1) is 11.8. The Hall–Kier alpha value is -0.710. The number of benzene rings is 1. The number of carbonyl (C=O) groups is 1. The van der Waals surface area contributed by atoms with Gasteiger partial charge in [0.15, 0.2) is 4.75 Å². The van der Waals surface area contributed by atoms with E-state index >= 15 is 0 Å². The van der Waals surface area contributed by atoms with Gasteiger partial charge in [-0.2, -0.15) is 0 Å². The summed E-state index contributed by atoms with van der Waals surface area (Å²) >= 11 is 7.24. The SMILES string of the molecule is Cc1cc(SC2(C(=O)O)COC2)ccc1Cl. The van der Waals surface area contributed by atoms with Gasteiger partial charge in [-0.25, -0.2) is 0 Å². The van der Waals surface area contributed by atoms with Crippen molar-refractivity contribution in [2.75, 3.05) is 13.2 Å². The molecule has 0 unspecified atom stereocenters. The van der Waals surface area contributed by atoms with Gasteiger partial charge in [0.2, 0.25) is 0 Å². The van der Waals surface area contributed by atoms with E-state index in [0.29, 0.717) is 5.02 Å². The molecular weight excluding hydrogens is 248 g/mol. The molecule has 0 atom stereocenters. The Morgan fingerprint density at radius 1 is 1.56 bits per heavy atom. The average Bonchev–Trinajstić information content (AvgIpc) is 2.16. The lowest BCUT2D eigenvalue weighted by molar-refractivity contribution is -0.151. The van der Waals surface area contributed by atoms with Crippen LogP contribution >= 0.6 is 23.4 Å². The number of hydrogen-bond donors (Lipinski definition) is 1. The van der Waals surface area contributed by atoms with Crippen LogP contribution < -0.4 is 0 Å². The predicted molar refractivity (Wildman–Crippen MR) is 63.2 cm³/mol. The molecule has 0 spiro atoms. The van der Waals surface area contributed by atoms with Crippen LogP contribution in [0.1, 0.15) is 5.56 Å². The molecule has 5 heteroatoms. The number of thioether (sulfide) groups is 1. The summed E-state index contributed by atoms with van der Waals surface area (Å²) in [6.07, 6.45) is 0. The summed E-state index contributed by atoms with van der Waals surface area (Å²) in [6.45, 7) is 2.42.